The van der Waals surface area contributed by atoms with Gasteiger partial charge >= 0.3 is 0 Å². The molecular formula is C12H16N2O6S. The van der Waals surface area contributed by atoms with Crippen molar-refractivity contribution in [1.29, 1.82) is 0 Å². The zero-order valence-electron chi connectivity index (χ0n) is 11.4. The highest BCUT2D eigenvalue weighted by atomic mass is 32.2. The maximum Gasteiger partial charge on any atom is 0.293 e. The van der Waals surface area contributed by atoms with Gasteiger partial charge < -0.3 is 9.84 Å². The molecular weight excluding hydrogens is 300 g/mol. The summed E-state index contributed by atoms with van der Waals surface area (Å²) in [5.74, 6) is 0.0902. The lowest BCUT2D eigenvalue weighted by Gasteiger charge is -2.16. The second-order valence-electron chi connectivity index (χ2n) is 4.79. The van der Waals surface area contributed by atoms with Gasteiger partial charge in [-0.15, -0.1) is 0 Å². The van der Waals surface area contributed by atoms with E-state index in [-0.39, 0.29) is 36.3 Å². The minimum atomic E-state index is -3.96. The van der Waals surface area contributed by atoms with Crippen molar-refractivity contribution >= 4 is 15.7 Å². The molecule has 1 atom stereocenters. The summed E-state index contributed by atoms with van der Waals surface area (Å²) in [6, 6.07) is 3.64. The van der Waals surface area contributed by atoms with Crippen molar-refractivity contribution in [2.45, 2.75) is 11.3 Å². The summed E-state index contributed by atoms with van der Waals surface area (Å²) in [5.41, 5.74) is -0.512. The Hall–Kier alpha value is -1.71. The van der Waals surface area contributed by atoms with Gasteiger partial charge in [-0.25, -0.2) is 8.42 Å². The molecule has 1 aromatic rings. The van der Waals surface area contributed by atoms with Crippen LogP contribution in [0.4, 0.5) is 5.69 Å². The maximum absolute atomic E-state index is 12.5. The Kier molecular flexibility index (Phi) is 4.45. The van der Waals surface area contributed by atoms with E-state index in [1.807, 2.05) is 0 Å². The number of benzene rings is 1. The lowest BCUT2D eigenvalue weighted by atomic mass is 10.1. The molecule has 1 aliphatic rings. The van der Waals surface area contributed by atoms with E-state index >= 15 is 0 Å². The standard InChI is InChI=1S/C12H16N2O6S/c1-20-10-2-3-12(11(6-10)14(16)17)21(18,19)13-5-4-9(7-13)8-15/h2-3,6,9,15H,4-5,7-8H2,1H3. The highest BCUT2D eigenvalue weighted by Gasteiger charge is 2.36. The maximum atomic E-state index is 12.5. The molecule has 9 heteroatoms. The number of ether oxygens (including phenoxy) is 1. The van der Waals surface area contributed by atoms with Gasteiger partial charge in [-0.1, -0.05) is 0 Å². The fraction of sp³-hybridized carbons (Fsp3) is 0.500. The number of hydrogen-bond acceptors (Lipinski definition) is 6. The molecule has 0 aromatic heterocycles. The number of nitro groups is 1. The van der Waals surface area contributed by atoms with E-state index in [2.05, 4.69) is 0 Å². The molecule has 21 heavy (non-hydrogen) atoms. The number of hydrogen-bond donors (Lipinski definition) is 1. The average molecular weight is 316 g/mol. The van der Waals surface area contributed by atoms with Gasteiger partial charge in [0.1, 0.15) is 5.75 Å². The van der Waals surface area contributed by atoms with Crippen LogP contribution in [0.1, 0.15) is 6.42 Å². The van der Waals surface area contributed by atoms with Crippen LogP contribution in [-0.4, -0.2) is 49.6 Å². The van der Waals surface area contributed by atoms with Crippen molar-refractivity contribution in [3.05, 3.63) is 28.3 Å². The van der Waals surface area contributed by atoms with Gasteiger partial charge in [0.25, 0.3) is 5.69 Å². The molecule has 1 N–H and O–H groups in total. The molecule has 0 radical (unpaired) electrons. The predicted molar refractivity (Wildman–Crippen MR) is 73.6 cm³/mol. The number of rotatable bonds is 5. The average Bonchev–Trinajstić information content (AvgIpc) is 2.96. The Morgan fingerprint density at radius 2 is 2.24 bits per heavy atom. The predicted octanol–water partition coefficient (Wildman–Crippen LogP) is 0.606. The molecule has 1 aliphatic heterocycles. The monoisotopic (exact) mass is 316 g/mol. The van der Waals surface area contributed by atoms with Crippen LogP contribution in [0.5, 0.6) is 5.75 Å². The molecule has 0 bridgehead atoms. The SMILES string of the molecule is COc1ccc(S(=O)(=O)N2CCC(CO)C2)c([N+](=O)[O-])c1. The first-order valence-electron chi connectivity index (χ1n) is 6.33. The quantitative estimate of drug-likeness (QED) is 0.629. The Morgan fingerprint density at radius 1 is 1.52 bits per heavy atom. The molecule has 8 nitrogen and oxygen atoms in total. The third-order valence-corrected chi connectivity index (χ3v) is 5.40. The smallest absolute Gasteiger partial charge is 0.293 e. The lowest BCUT2D eigenvalue weighted by Crippen LogP contribution is -2.29. The Labute approximate surface area is 122 Å². The van der Waals surface area contributed by atoms with Crippen LogP contribution in [0.15, 0.2) is 23.1 Å². The zero-order chi connectivity index (χ0) is 15.6. The Balaban J connectivity index is 2.43. The van der Waals surface area contributed by atoms with Gasteiger partial charge in [-0.05, 0) is 24.5 Å². The van der Waals surface area contributed by atoms with Gasteiger partial charge in [0.05, 0.1) is 18.1 Å². The van der Waals surface area contributed by atoms with E-state index in [9.17, 15) is 18.5 Å². The van der Waals surface area contributed by atoms with Crippen molar-refractivity contribution in [2.75, 3.05) is 26.8 Å². The normalized spacial score (nSPS) is 19.6. The molecule has 0 aliphatic carbocycles. The molecule has 1 unspecified atom stereocenters. The second kappa shape index (κ2) is 5.96. The molecule has 1 saturated heterocycles. The summed E-state index contributed by atoms with van der Waals surface area (Å²) in [7, 11) is -2.61. The van der Waals surface area contributed by atoms with Crippen LogP contribution >= 0.6 is 0 Å². The van der Waals surface area contributed by atoms with Gasteiger partial charge in [-0.2, -0.15) is 4.31 Å². The summed E-state index contributed by atoms with van der Waals surface area (Å²) in [6.45, 7) is 0.315. The fourth-order valence-electron chi connectivity index (χ4n) is 2.29. The van der Waals surface area contributed by atoms with Crippen molar-refractivity contribution in [3.63, 3.8) is 0 Å². The first-order chi connectivity index (χ1) is 9.90. The first kappa shape index (κ1) is 15.7. The number of nitrogens with zero attached hydrogens (tertiary/aromatic N) is 2. The Bertz CT molecular complexity index is 645. The van der Waals surface area contributed by atoms with E-state index in [0.29, 0.717) is 6.42 Å². The third-order valence-electron chi connectivity index (χ3n) is 3.49. The summed E-state index contributed by atoms with van der Waals surface area (Å²) >= 11 is 0. The van der Waals surface area contributed by atoms with E-state index in [0.717, 1.165) is 6.07 Å². The summed E-state index contributed by atoms with van der Waals surface area (Å²) in [6.07, 6.45) is 0.541. The molecule has 2 rings (SSSR count). The molecule has 1 aromatic carbocycles. The number of aliphatic hydroxyl groups excluding tert-OH is 1. The van der Waals surface area contributed by atoms with Crippen LogP contribution in [0.25, 0.3) is 0 Å². The van der Waals surface area contributed by atoms with Crippen molar-refractivity contribution < 1.29 is 23.2 Å². The van der Waals surface area contributed by atoms with Gasteiger partial charge in [0, 0.05) is 19.7 Å². The number of aliphatic hydroxyl groups is 1. The largest absolute Gasteiger partial charge is 0.497 e. The molecule has 1 heterocycles. The fourth-order valence-corrected chi connectivity index (χ4v) is 3.96. The van der Waals surface area contributed by atoms with Crippen LogP contribution in [0, 0.1) is 16.0 Å². The van der Waals surface area contributed by atoms with Gasteiger partial charge in [-0.3, -0.25) is 10.1 Å². The second-order valence-corrected chi connectivity index (χ2v) is 6.70. The first-order valence-corrected chi connectivity index (χ1v) is 7.77. The Morgan fingerprint density at radius 3 is 2.76 bits per heavy atom. The molecule has 116 valence electrons. The van der Waals surface area contributed by atoms with Gasteiger partial charge in [0.15, 0.2) is 4.90 Å². The summed E-state index contributed by atoms with van der Waals surface area (Å²) in [5, 5.41) is 20.2. The number of sulfonamides is 1. The van der Waals surface area contributed by atoms with Crippen LogP contribution in [0.3, 0.4) is 0 Å². The zero-order valence-corrected chi connectivity index (χ0v) is 12.2. The van der Waals surface area contributed by atoms with Crippen LogP contribution in [0.2, 0.25) is 0 Å². The highest BCUT2D eigenvalue weighted by molar-refractivity contribution is 7.89. The molecule has 0 amide bonds. The topological polar surface area (TPSA) is 110 Å². The molecule has 1 fully saturated rings. The lowest BCUT2D eigenvalue weighted by molar-refractivity contribution is -0.387. The van der Waals surface area contributed by atoms with E-state index in [4.69, 9.17) is 9.84 Å². The summed E-state index contributed by atoms with van der Waals surface area (Å²) < 4.78 is 31.1. The van der Waals surface area contributed by atoms with Crippen LogP contribution < -0.4 is 4.74 Å². The summed E-state index contributed by atoms with van der Waals surface area (Å²) in [4.78, 5) is 10.0. The molecule has 0 saturated carbocycles. The highest BCUT2D eigenvalue weighted by Crippen LogP contribution is 2.32. The van der Waals surface area contributed by atoms with Crippen LogP contribution in [-0.2, 0) is 10.0 Å². The number of methoxy groups -OCH3 is 1. The minimum Gasteiger partial charge on any atom is -0.497 e. The van der Waals surface area contributed by atoms with Crippen molar-refractivity contribution in [2.24, 2.45) is 5.92 Å². The van der Waals surface area contributed by atoms with E-state index in [1.54, 1.807) is 0 Å². The molecule has 0 spiro atoms. The van der Waals surface area contributed by atoms with Gasteiger partial charge in [0.2, 0.25) is 10.0 Å². The third kappa shape index (κ3) is 2.99. The van der Waals surface area contributed by atoms with Crippen molar-refractivity contribution in [3.8, 4) is 5.75 Å². The van der Waals surface area contributed by atoms with E-state index in [1.165, 1.54) is 23.5 Å². The van der Waals surface area contributed by atoms with Crippen molar-refractivity contribution in [1.82, 2.24) is 4.31 Å². The number of nitro benzene ring substituents is 1. The minimum absolute atomic E-state index is 0.100. The van der Waals surface area contributed by atoms with E-state index < -0.39 is 20.6 Å².